The highest BCUT2D eigenvalue weighted by atomic mass is 19.3. The molecule has 1 aliphatic heterocycles. The Kier molecular flexibility index (Phi) is 6.70. The van der Waals surface area contributed by atoms with Gasteiger partial charge < -0.3 is 9.64 Å². The lowest BCUT2D eigenvalue weighted by molar-refractivity contribution is -0.124. The van der Waals surface area contributed by atoms with E-state index in [0.717, 1.165) is 41.5 Å². The number of hydrogen-bond acceptors (Lipinski definition) is 3. The van der Waals surface area contributed by atoms with Crippen LogP contribution in [0, 0.1) is 5.92 Å². The molecule has 1 aliphatic carbocycles. The van der Waals surface area contributed by atoms with Crippen LogP contribution in [0.3, 0.4) is 0 Å². The molecule has 2 aromatic rings. The molecule has 32 heavy (non-hydrogen) atoms. The van der Waals surface area contributed by atoms with Crippen LogP contribution in [0.2, 0.25) is 0 Å². The van der Waals surface area contributed by atoms with Crippen LogP contribution in [0.4, 0.5) is 13.2 Å². The lowest BCUT2D eigenvalue weighted by Crippen LogP contribution is -2.53. The maximum Gasteiger partial charge on any atom is 0.337 e. The summed E-state index contributed by atoms with van der Waals surface area (Å²) in [4.78, 5) is 13.8. The maximum atomic E-state index is 15.0. The number of likely N-dealkylation sites (tertiary alicyclic amines) is 1. The largest absolute Gasteiger partial charge is 0.465 e. The van der Waals surface area contributed by atoms with Gasteiger partial charge in [-0.15, -0.1) is 0 Å². The summed E-state index contributed by atoms with van der Waals surface area (Å²) in [6, 6.07) is 12.1. The molecule has 4 rings (SSSR count). The van der Waals surface area contributed by atoms with Crippen LogP contribution in [0.1, 0.15) is 51.9 Å². The number of carbonyl (C=O) groups is 1. The van der Waals surface area contributed by atoms with Crippen molar-refractivity contribution in [2.24, 2.45) is 5.92 Å². The van der Waals surface area contributed by atoms with E-state index in [4.69, 9.17) is 4.74 Å². The molecule has 0 radical (unpaired) electrons. The summed E-state index contributed by atoms with van der Waals surface area (Å²) in [5.74, 6) is -4.01. The van der Waals surface area contributed by atoms with Crippen LogP contribution in [-0.4, -0.2) is 44.3 Å². The summed E-state index contributed by atoms with van der Waals surface area (Å²) in [5.41, 5.74) is 4.52. The summed E-state index contributed by atoms with van der Waals surface area (Å²) in [6.45, 7) is 0.723. The van der Waals surface area contributed by atoms with Crippen molar-refractivity contribution >= 4 is 11.5 Å². The predicted octanol–water partition coefficient (Wildman–Crippen LogP) is 5.62. The third kappa shape index (κ3) is 4.46. The molecule has 170 valence electrons. The summed E-state index contributed by atoms with van der Waals surface area (Å²) < 4.78 is 47.1. The number of alkyl halides is 3. The molecule has 1 fully saturated rings. The molecule has 6 heteroatoms. The number of nitrogens with zero attached hydrogens (tertiary/aromatic N) is 1. The second-order valence-corrected chi connectivity index (χ2v) is 8.57. The van der Waals surface area contributed by atoms with Crippen molar-refractivity contribution in [3.05, 3.63) is 76.4 Å². The average Bonchev–Trinajstić information content (AvgIpc) is 2.99. The molecule has 1 saturated heterocycles. The van der Waals surface area contributed by atoms with Gasteiger partial charge in [-0.3, -0.25) is 4.39 Å². The van der Waals surface area contributed by atoms with Gasteiger partial charge in [0.1, 0.15) is 0 Å². The Morgan fingerprint density at radius 2 is 1.91 bits per heavy atom. The van der Waals surface area contributed by atoms with Gasteiger partial charge in [0.2, 0.25) is 0 Å². The highest BCUT2D eigenvalue weighted by Gasteiger charge is 2.47. The number of rotatable bonds is 7. The van der Waals surface area contributed by atoms with Crippen molar-refractivity contribution in [3.63, 3.8) is 0 Å². The Morgan fingerprint density at radius 3 is 2.59 bits per heavy atom. The molecule has 3 nitrogen and oxygen atoms in total. The van der Waals surface area contributed by atoms with Gasteiger partial charge in [0, 0.05) is 25.2 Å². The predicted molar refractivity (Wildman–Crippen MR) is 119 cm³/mol. The lowest BCUT2D eigenvalue weighted by atomic mass is 9.86. The number of halogens is 3. The first-order valence-electron chi connectivity index (χ1n) is 11.1. The van der Waals surface area contributed by atoms with E-state index in [0.29, 0.717) is 31.6 Å². The van der Waals surface area contributed by atoms with Crippen molar-refractivity contribution in [2.75, 3.05) is 33.4 Å². The zero-order valence-corrected chi connectivity index (χ0v) is 18.3. The first kappa shape index (κ1) is 22.6. The van der Waals surface area contributed by atoms with E-state index >= 15 is 0 Å². The number of ether oxygens (including phenoxy) is 1. The summed E-state index contributed by atoms with van der Waals surface area (Å²) in [7, 11) is 1.36. The van der Waals surface area contributed by atoms with E-state index in [1.165, 1.54) is 19.2 Å². The molecule has 0 bridgehead atoms. The minimum atomic E-state index is -2.91. The zero-order valence-electron chi connectivity index (χ0n) is 18.3. The molecule has 0 unspecified atom stereocenters. The van der Waals surface area contributed by atoms with Gasteiger partial charge in [-0.25, -0.2) is 13.6 Å². The standard InChI is InChI=1S/C26H28F3NO2/c1-32-25(31)20-9-12-24-19(15-20)5-2-3-6-23(24)18-7-10-21(11-8-18)26(28,29)22-16-30(17-22)14-4-13-27/h6-12,15,22H,2-5,13-14,16-17H2,1H3. The highest BCUT2D eigenvalue weighted by Crippen LogP contribution is 2.41. The second kappa shape index (κ2) is 9.49. The Morgan fingerprint density at radius 1 is 1.16 bits per heavy atom. The van der Waals surface area contributed by atoms with Gasteiger partial charge in [-0.2, -0.15) is 0 Å². The number of hydrogen-bond donors (Lipinski definition) is 0. The van der Waals surface area contributed by atoms with Crippen LogP contribution in [0.25, 0.3) is 5.57 Å². The molecule has 0 spiro atoms. The molecule has 2 aromatic carbocycles. The molecule has 2 aliphatic rings. The number of aryl methyl sites for hydroxylation is 1. The quantitative estimate of drug-likeness (QED) is 0.520. The zero-order chi connectivity index (χ0) is 22.7. The maximum absolute atomic E-state index is 15.0. The van der Waals surface area contributed by atoms with Gasteiger partial charge in [0.25, 0.3) is 5.92 Å². The fourth-order valence-electron chi connectivity index (χ4n) is 4.60. The normalized spacial score (nSPS) is 17.2. The molecule has 0 saturated carbocycles. The third-order valence-corrected chi connectivity index (χ3v) is 6.47. The van der Waals surface area contributed by atoms with Gasteiger partial charge in [0.15, 0.2) is 0 Å². The molecule has 0 amide bonds. The van der Waals surface area contributed by atoms with E-state index in [9.17, 15) is 18.0 Å². The van der Waals surface area contributed by atoms with Gasteiger partial charge in [-0.1, -0.05) is 36.4 Å². The molecule has 0 aromatic heterocycles. The number of methoxy groups -OCH3 is 1. The minimum absolute atomic E-state index is 0.0203. The fourth-order valence-corrected chi connectivity index (χ4v) is 4.60. The smallest absolute Gasteiger partial charge is 0.337 e. The van der Waals surface area contributed by atoms with Crippen LogP contribution >= 0.6 is 0 Å². The Balaban J connectivity index is 1.53. The SMILES string of the molecule is COC(=O)c1ccc2c(c1)CCCC=C2c1ccc(C(F)(F)C2CN(CCCF)C2)cc1. The molecule has 0 atom stereocenters. The number of fused-ring (bicyclic) bond motifs is 1. The van der Waals surface area contributed by atoms with Crippen molar-refractivity contribution in [1.29, 1.82) is 0 Å². The van der Waals surface area contributed by atoms with Crippen molar-refractivity contribution < 1.29 is 22.7 Å². The number of carbonyl (C=O) groups excluding carboxylic acids is 1. The van der Waals surface area contributed by atoms with Crippen LogP contribution in [0.15, 0.2) is 48.5 Å². The van der Waals surface area contributed by atoms with Gasteiger partial charge in [-0.05, 0) is 60.1 Å². The highest BCUT2D eigenvalue weighted by molar-refractivity contribution is 5.91. The van der Waals surface area contributed by atoms with Gasteiger partial charge >= 0.3 is 5.97 Å². The number of esters is 1. The minimum Gasteiger partial charge on any atom is -0.465 e. The lowest BCUT2D eigenvalue weighted by Gasteiger charge is -2.43. The van der Waals surface area contributed by atoms with Crippen LogP contribution in [0.5, 0.6) is 0 Å². The van der Waals surface area contributed by atoms with Crippen molar-refractivity contribution in [2.45, 2.75) is 31.6 Å². The first-order chi connectivity index (χ1) is 15.4. The van der Waals surface area contributed by atoms with Crippen molar-refractivity contribution in [3.8, 4) is 0 Å². The topological polar surface area (TPSA) is 29.5 Å². The summed E-state index contributed by atoms with van der Waals surface area (Å²) in [6.07, 6.45) is 5.22. The van der Waals surface area contributed by atoms with E-state index < -0.39 is 18.5 Å². The molecule has 1 heterocycles. The van der Waals surface area contributed by atoms with Crippen LogP contribution in [-0.2, 0) is 17.1 Å². The average molecular weight is 444 g/mol. The Hall–Kier alpha value is -2.60. The van der Waals surface area contributed by atoms with E-state index in [1.807, 2.05) is 17.0 Å². The van der Waals surface area contributed by atoms with E-state index in [-0.39, 0.29) is 11.5 Å². The van der Waals surface area contributed by atoms with Crippen molar-refractivity contribution in [1.82, 2.24) is 4.90 Å². The Labute approximate surface area is 186 Å². The molecular weight excluding hydrogens is 415 g/mol. The monoisotopic (exact) mass is 443 g/mol. The fraction of sp³-hybridized carbons (Fsp3) is 0.423. The number of benzene rings is 2. The molecular formula is C26H28F3NO2. The van der Waals surface area contributed by atoms with Crippen LogP contribution < -0.4 is 0 Å². The van der Waals surface area contributed by atoms with E-state index in [1.54, 1.807) is 18.2 Å². The number of allylic oxidation sites excluding steroid dienone is 1. The van der Waals surface area contributed by atoms with E-state index in [2.05, 4.69) is 6.08 Å². The second-order valence-electron chi connectivity index (χ2n) is 8.57. The third-order valence-electron chi connectivity index (χ3n) is 6.47. The molecule has 0 N–H and O–H groups in total. The first-order valence-corrected chi connectivity index (χ1v) is 11.1. The summed E-state index contributed by atoms with van der Waals surface area (Å²) in [5, 5.41) is 0. The summed E-state index contributed by atoms with van der Waals surface area (Å²) >= 11 is 0. The van der Waals surface area contributed by atoms with Gasteiger partial charge in [0.05, 0.1) is 25.3 Å². The Bertz CT molecular complexity index is 995.